The van der Waals surface area contributed by atoms with Gasteiger partial charge in [-0.1, -0.05) is 12.1 Å². The van der Waals surface area contributed by atoms with E-state index >= 15 is 0 Å². The zero-order chi connectivity index (χ0) is 17.4. The van der Waals surface area contributed by atoms with Crippen LogP contribution < -0.4 is 10.5 Å². The number of rotatable bonds is 3. The molecule has 0 bridgehead atoms. The number of hydrogen-bond donors (Lipinski definition) is 1. The quantitative estimate of drug-likeness (QED) is 0.623. The number of hydrogen-bond acceptors (Lipinski definition) is 5. The van der Waals surface area contributed by atoms with Crippen LogP contribution in [0.15, 0.2) is 55.0 Å². The molecule has 4 rings (SSSR count). The van der Waals surface area contributed by atoms with Gasteiger partial charge in [0.1, 0.15) is 5.82 Å². The molecule has 0 unspecified atom stereocenters. The van der Waals surface area contributed by atoms with Crippen LogP contribution in [-0.2, 0) is 7.05 Å². The fourth-order valence-corrected chi connectivity index (χ4v) is 2.93. The number of fused-ring (bicyclic) bond motifs is 1. The van der Waals surface area contributed by atoms with E-state index in [4.69, 9.17) is 10.5 Å². The van der Waals surface area contributed by atoms with Crippen LogP contribution >= 0.6 is 0 Å². The summed E-state index contributed by atoms with van der Waals surface area (Å²) in [5.74, 6) is 0.965. The van der Waals surface area contributed by atoms with Crippen LogP contribution in [0.3, 0.4) is 0 Å². The van der Waals surface area contributed by atoms with Crippen molar-refractivity contribution in [1.29, 1.82) is 0 Å². The second-order valence-corrected chi connectivity index (χ2v) is 5.76. The smallest absolute Gasteiger partial charge is 0.221 e. The molecule has 4 aromatic rings. The van der Waals surface area contributed by atoms with Crippen LogP contribution in [0.5, 0.6) is 5.88 Å². The number of aryl methyl sites for hydroxylation is 1. The van der Waals surface area contributed by atoms with Crippen LogP contribution in [-0.4, -0.2) is 26.9 Å². The molecule has 0 aliphatic carbocycles. The van der Waals surface area contributed by atoms with E-state index in [9.17, 15) is 0 Å². The highest BCUT2D eigenvalue weighted by molar-refractivity contribution is 5.86. The third kappa shape index (κ3) is 2.57. The molecule has 6 heteroatoms. The normalized spacial score (nSPS) is 11.0. The Balaban J connectivity index is 1.87. The lowest BCUT2D eigenvalue weighted by Crippen LogP contribution is -1.98. The number of pyridine rings is 2. The summed E-state index contributed by atoms with van der Waals surface area (Å²) in [6.45, 7) is 0. The summed E-state index contributed by atoms with van der Waals surface area (Å²) in [6.07, 6.45) is 5.32. The predicted molar refractivity (Wildman–Crippen MR) is 98.1 cm³/mol. The van der Waals surface area contributed by atoms with Crippen molar-refractivity contribution in [2.75, 3.05) is 12.8 Å². The third-order valence-electron chi connectivity index (χ3n) is 4.26. The SMILES string of the molecule is COc1ncccc1-c1cc(-c2ccc3cnn(C)c3c2)cnc1N. The molecule has 124 valence electrons. The van der Waals surface area contributed by atoms with Crippen molar-refractivity contribution in [3.8, 4) is 28.1 Å². The molecule has 0 saturated heterocycles. The summed E-state index contributed by atoms with van der Waals surface area (Å²) in [4.78, 5) is 8.61. The van der Waals surface area contributed by atoms with Gasteiger partial charge in [0.25, 0.3) is 0 Å². The van der Waals surface area contributed by atoms with E-state index in [1.807, 2.05) is 36.1 Å². The molecule has 0 aliphatic heterocycles. The van der Waals surface area contributed by atoms with Crippen molar-refractivity contribution in [2.24, 2.45) is 7.05 Å². The van der Waals surface area contributed by atoms with Gasteiger partial charge in [-0.2, -0.15) is 5.10 Å². The van der Waals surface area contributed by atoms with Gasteiger partial charge in [-0.3, -0.25) is 4.68 Å². The van der Waals surface area contributed by atoms with E-state index in [-0.39, 0.29) is 0 Å². The molecule has 0 atom stereocenters. The lowest BCUT2D eigenvalue weighted by molar-refractivity contribution is 0.399. The van der Waals surface area contributed by atoms with Crippen LogP contribution in [0, 0.1) is 0 Å². The topological polar surface area (TPSA) is 78.9 Å². The van der Waals surface area contributed by atoms with Crippen molar-refractivity contribution in [3.63, 3.8) is 0 Å². The molecule has 0 saturated carbocycles. The van der Waals surface area contributed by atoms with Crippen LogP contribution in [0.2, 0.25) is 0 Å². The first-order chi connectivity index (χ1) is 12.2. The fraction of sp³-hybridized carbons (Fsp3) is 0.105. The van der Waals surface area contributed by atoms with E-state index in [0.29, 0.717) is 11.7 Å². The number of benzene rings is 1. The molecular formula is C19H17N5O. The summed E-state index contributed by atoms with van der Waals surface area (Å²) in [5, 5.41) is 5.39. The summed E-state index contributed by atoms with van der Waals surface area (Å²) in [5.41, 5.74) is 10.8. The second kappa shape index (κ2) is 5.90. The van der Waals surface area contributed by atoms with Gasteiger partial charge in [-0.05, 0) is 29.8 Å². The maximum Gasteiger partial charge on any atom is 0.221 e. The first-order valence-electron chi connectivity index (χ1n) is 7.84. The van der Waals surface area contributed by atoms with Crippen LogP contribution in [0.4, 0.5) is 5.82 Å². The average molecular weight is 331 g/mol. The minimum absolute atomic E-state index is 0.441. The van der Waals surface area contributed by atoms with Crippen molar-refractivity contribution >= 4 is 16.7 Å². The van der Waals surface area contributed by atoms with Gasteiger partial charge in [0.05, 0.1) is 18.8 Å². The van der Waals surface area contributed by atoms with Crippen LogP contribution in [0.25, 0.3) is 33.2 Å². The van der Waals surface area contributed by atoms with Gasteiger partial charge in [0, 0.05) is 41.5 Å². The average Bonchev–Trinajstić information content (AvgIpc) is 3.02. The highest BCUT2D eigenvalue weighted by Crippen LogP contribution is 2.34. The first-order valence-corrected chi connectivity index (χ1v) is 7.84. The van der Waals surface area contributed by atoms with E-state index < -0.39 is 0 Å². The number of methoxy groups -OCH3 is 1. The van der Waals surface area contributed by atoms with E-state index in [2.05, 4.69) is 33.3 Å². The van der Waals surface area contributed by atoms with Gasteiger partial charge in [0.2, 0.25) is 5.88 Å². The first kappa shape index (κ1) is 15.1. The van der Waals surface area contributed by atoms with E-state index in [1.165, 1.54) is 0 Å². The van der Waals surface area contributed by atoms with Crippen molar-refractivity contribution in [2.45, 2.75) is 0 Å². The molecule has 1 aromatic carbocycles. The van der Waals surface area contributed by atoms with Gasteiger partial charge in [0.15, 0.2) is 0 Å². The molecule has 3 aromatic heterocycles. The maximum atomic E-state index is 6.11. The number of anilines is 1. The summed E-state index contributed by atoms with van der Waals surface area (Å²) >= 11 is 0. The maximum absolute atomic E-state index is 6.11. The highest BCUT2D eigenvalue weighted by atomic mass is 16.5. The minimum Gasteiger partial charge on any atom is -0.481 e. The molecule has 0 radical (unpaired) electrons. The molecule has 3 heterocycles. The molecule has 25 heavy (non-hydrogen) atoms. The standard InChI is InChI=1S/C19H17N5O/c1-24-17-9-12(5-6-13(17)11-23-24)14-8-16(18(20)22-10-14)15-4-3-7-21-19(15)25-2/h3-11H,1-2H3,(H2,20,22). The number of nitrogens with zero attached hydrogens (tertiary/aromatic N) is 4. The largest absolute Gasteiger partial charge is 0.481 e. The second-order valence-electron chi connectivity index (χ2n) is 5.76. The summed E-state index contributed by atoms with van der Waals surface area (Å²) < 4.78 is 7.21. The molecule has 6 nitrogen and oxygen atoms in total. The Hall–Kier alpha value is -3.41. The summed E-state index contributed by atoms with van der Waals surface area (Å²) in [7, 11) is 3.52. The Morgan fingerprint density at radius 3 is 2.72 bits per heavy atom. The number of ether oxygens (including phenoxy) is 1. The fourth-order valence-electron chi connectivity index (χ4n) is 2.93. The zero-order valence-electron chi connectivity index (χ0n) is 14.0. The Morgan fingerprint density at radius 2 is 1.88 bits per heavy atom. The lowest BCUT2D eigenvalue weighted by atomic mass is 10.0. The van der Waals surface area contributed by atoms with Gasteiger partial charge < -0.3 is 10.5 Å². The van der Waals surface area contributed by atoms with E-state index in [0.717, 1.165) is 33.2 Å². The highest BCUT2D eigenvalue weighted by Gasteiger charge is 2.13. The Kier molecular flexibility index (Phi) is 3.57. The van der Waals surface area contributed by atoms with Gasteiger partial charge in [-0.25, -0.2) is 9.97 Å². The van der Waals surface area contributed by atoms with Gasteiger partial charge in [-0.15, -0.1) is 0 Å². The Labute approximate surface area is 144 Å². The molecule has 0 spiro atoms. The molecular weight excluding hydrogens is 314 g/mol. The molecule has 0 amide bonds. The van der Waals surface area contributed by atoms with E-state index in [1.54, 1.807) is 19.5 Å². The molecule has 0 fully saturated rings. The predicted octanol–water partition coefficient (Wildman–Crippen LogP) is 3.29. The minimum atomic E-state index is 0.441. The summed E-state index contributed by atoms with van der Waals surface area (Å²) in [6, 6.07) is 12.0. The lowest BCUT2D eigenvalue weighted by Gasteiger charge is -2.11. The molecule has 2 N–H and O–H groups in total. The van der Waals surface area contributed by atoms with Crippen molar-refractivity contribution in [3.05, 3.63) is 55.0 Å². The third-order valence-corrected chi connectivity index (χ3v) is 4.26. The van der Waals surface area contributed by atoms with Crippen LogP contribution in [0.1, 0.15) is 0 Å². The number of nitrogen functional groups attached to an aromatic ring is 1. The Bertz CT molecular complexity index is 1070. The number of aromatic nitrogens is 4. The zero-order valence-corrected chi connectivity index (χ0v) is 14.0. The number of nitrogens with two attached hydrogens (primary N) is 1. The van der Waals surface area contributed by atoms with Crippen molar-refractivity contribution in [1.82, 2.24) is 19.7 Å². The van der Waals surface area contributed by atoms with Gasteiger partial charge >= 0.3 is 0 Å². The Morgan fingerprint density at radius 1 is 1.00 bits per heavy atom. The van der Waals surface area contributed by atoms with Crippen molar-refractivity contribution < 1.29 is 4.74 Å². The monoisotopic (exact) mass is 331 g/mol. The molecule has 0 aliphatic rings.